The molecule has 0 radical (unpaired) electrons. The third-order valence-corrected chi connectivity index (χ3v) is 3.36. The zero-order valence-corrected chi connectivity index (χ0v) is 10.0. The Balaban J connectivity index is 2.02. The standard InChI is InChI=1S/C12H10ClNOS/c13-10-5-3-9(4-6-10)8-16-12-11(15)2-1-7-14-12/h1-7,15H,8H2. The molecule has 2 aromatic rings. The normalized spacial score (nSPS) is 10.3. The average molecular weight is 252 g/mol. The molecule has 82 valence electrons. The van der Waals surface area contributed by atoms with Gasteiger partial charge in [0.1, 0.15) is 10.8 Å². The molecule has 2 rings (SSSR count). The molecular weight excluding hydrogens is 242 g/mol. The minimum Gasteiger partial charge on any atom is -0.505 e. The zero-order valence-electron chi connectivity index (χ0n) is 8.43. The minimum atomic E-state index is 0.224. The largest absolute Gasteiger partial charge is 0.505 e. The van der Waals surface area contributed by atoms with E-state index >= 15 is 0 Å². The van der Waals surface area contributed by atoms with Crippen LogP contribution in [0.5, 0.6) is 5.75 Å². The second-order valence-electron chi connectivity index (χ2n) is 3.24. The van der Waals surface area contributed by atoms with Gasteiger partial charge in [-0.2, -0.15) is 0 Å². The number of halogens is 1. The van der Waals surface area contributed by atoms with Crippen LogP contribution in [-0.2, 0) is 5.75 Å². The van der Waals surface area contributed by atoms with Crippen LogP contribution in [0.4, 0.5) is 0 Å². The Morgan fingerprint density at radius 3 is 2.62 bits per heavy atom. The minimum absolute atomic E-state index is 0.224. The highest BCUT2D eigenvalue weighted by molar-refractivity contribution is 7.98. The molecule has 4 heteroatoms. The number of nitrogens with zero attached hydrogens (tertiary/aromatic N) is 1. The fourth-order valence-corrected chi connectivity index (χ4v) is 2.20. The second kappa shape index (κ2) is 5.23. The first-order chi connectivity index (χ1) is 7.75. The van der Waals surface area contributed by atoms with Gasteiger partial charge in [-0.3, -0.25) is 0 Å². The third kappa shape index (κ3) is 2.90. The molecule has 1 N–H and O–H groups in total. The molecule has 0 saturated heterocycles. The quantitative estimate of drug-likeness (QED) is 0.844. The van der Waals surface area contributed by atoms with Gasteiger partial charge in [-0.15, -0.1) is 0 Å². The number of thioether (sulfide) groups is 1. The molecule has 0 amide bonds. The van der Waals surface area contributed by atoms with Gasteiger partial charge >= 0.3 is 0 Å². The van der Waals surface area contributed by atoms with Crippen molar-refractivity contribution in [2.45, 2.75) is 10.8 Å². The Hall–Kier alpha value is -1.19. The van der Waals surface area contributed by atoms with Gasteiger partial charge in [0.2, 0.25) is 0 Å². The van der Waals surface area contributed by atoms with E-state index in [4.69, 9.17) is 11.6 Å². The summed E-state index contributed by atoms with van der Waals surface area (Å²) in [4.78, 5) is 4.10. The molecule has 0 spiro atoms. The summed E-state index contributed by atoms with van der Waals surface area (Å²) < 4.78 is 0. The fraction of sp³-hybridized carbons (Fsp3) is 0.0833. The molecule has 1 aromatic carbocycles. The van der Waals surface area contributed by atoms with E-state index in [0.29, 0.717) is 5.03 Å². The highest BCUT2D eigenvalue weighted by Crippen LogP contribution is 2.28. The van der Waals surface area contributed by atoms with Crippen LogP contribution in [0.15, 0.2) is 47.6 Å². The molecule has 0 unspecified atom stereocenters. The van der Waals surface area contributed by atoms with Gasteiger partial charge in [-0.05, 0) is 29.8 Å². The smallest absolute Gasteiger partial charge is 0.147 e. The van der Waals surface area contributed by atoms with E-state index in [9.17, 15) is 5.11 Å². The number of pyridine rings is 1. The van der Waals surface area contributed by atoms with Crippen molar-refractivity contribution in [1.29, 1.82) is 0 Å². The van der Waals surface area contributed by atoms with E-state index in [-0.39, 0.29) is 5.75 Å². The summed E-state index contributed by atoms with van der Waals surface area (Å²) in [6, 6.07) is 11.0. The van der Waals surface area contributed by atoms with Crippen molar-refractivity contribution in [2.24, 2.45) is 0 Å². The summed E-state index contributed by atoms with van der Waals surface area (Å²) in [7, 11) is 0. The van der Waals surface area contributed by atoms with Crippen molar-refractivity contribution in [2.75, 3.05) is 0 Å². The zero-order chi connectivity index (χ0) is 11.4. The maximum Gasteiger partial charge on any atom is 0.147 e. The molecule has 0 aliphatic heterocycles. The summed E-state index contributed by atoms with van der Waals surface area (Å²) in [5, 5.41) is 10.9. The molecule has 1 heterocycles. The van der Waals surface area contributed by atoms with Crippen LogP contribution in [0.1, 0.15) is 5.56 Å². The number of hydrogen-bond acceptors (Lipinski definition) is 3. The molecule has 0 aliphatic carbocycles. The van der Waals surface area contributed by atoms with Crippen LogP contribution in [0, 0.1) is 0 Å². The van der Waals surface area contributed by atoms with E-state index in [2.05, 4.69) is 4.98 Å². The van der Waals surface area contributed by atoms with E-state index in [1.807, 2.05) is 24.3 Å². The summed E-state index contributed by atoms with van der Waals surface area (Å²) in [5.41, 5.74) is 1.15. The lowest BCUT2D eigenvalue weighted by Gasteiger charge is -2.03. The van der Waals surface area contributed by atoms with Crippen LogP contribution >= 0.6 is 23.4 Å². The SMILES string of the molecule is Oc1cccnc1SCc1ccc(Cl)cc1. The van der Waals surface area contributed by atoms with Crippen molar-refractivity contribution < 1.29 is 5.11 Å². The monoisotopic (exact) mass is 251 g/mol. The number of hydrogen-bond donors (Lipinski definition) is 1. The maximum absolute atomic E-state index is 9.53. The number of rotatable bonds is 3. The lowest BCUT2D eigenvalue weighted by Crippen LogP contribution is -1.83. The lowest BCUT2D eigenvalue weighted by molar-refractivity contribution is 0.457. The van der Waals surface area contributed by atoms with E-state index < -0.39 is 0 Å². The van der Waals surface area contributed by atoms with Crippen LogP contribution in [-0.4, -0.2) is 10.1 Å². The molecule has 16 heavy (non-hydrogen) atoms. The molecular formula is C12H10ClNOS. The van der Waals surface area contributed by atoms with E-state index in [0.717, 1.165) is 16.3 Å². The first-order valence-electron chi connectivity index (χ1n) is 4.77. The van der Waals surface area contributed by atoms with Gasteiger partial charge in [-0.25, -0.2) is 4.98 Å². The Morgan fingerprint density at radius 1 is 1.19 bits per heavy atom. The van der Waals surface area contributed by atoms with Gasteiger partial charge in [0.15, 0.2) is 0 Å². The average Bonchev–Trinajstić information content (AvgIpc) is 2.30. The van der Waals surface area contributed by atoms with Gasteiger partial charge < -0.3 is 5.11 Å². The first-order valence-corrected chi connectivity index (χ1v) is 6.13. The summed E-state index contributed by atoms with van der Waals surface area (Å²) in [6.07, 6.45) is 1.67. The lowest BCUT2D eigenvalue weighted by atomic mass is 10.2. The second-order valence-corrected chi connectivity index (χ2v) is 4.64. The van der Waals surface area contributed by atoms with Crippen molar-refractivity contribution in [3.8, 4) is 5.75 Å². The van der Waals surface area contributed by atoms with Gasteiger partial charge in [0.25, 0.3) is 0 Å². The van der Waals surface area contributed by atoms with Crippen molar-refractivity contribution in [1.82, 2.24) is 4.98 Å². The maximum atomic E-state index is 9.53. The Labute approximate surface area is 103 Å². The third-order valence-electron chi connectivity index (χ3n) is 2.04. The molecule has 0 bridgehead atoms. The molecule has 0 fully saturated rings. The Kier molecular flexibility index (Phi) is 3.70. The highest BCUT2D eigenvalue weighted by atomic mass is 35.5. The molecule has 1 aromatic heterocycles. The van der Waals surface area contributed by atoms with Crippen LogP contribution < -0.4 is 0 Å². The highest BCUT2D eigenvalue weighted by Gasteiger charge is 2.02. The van der Waals surface area contributed by atoms with Gasteiger partial charge in [-0.1, -0.05) is 35.5 Å². The predicted octanol–water partition coefficient (Wildman–Crippen LogP) is 3.73. The molecule has 2 nitrogen and oxygen atoms in total. The number of aromatic nitrogens is 1. The summed E-state index contributed by atoms with van der Waals surface area (Å²) in [6.45, 7) is 0. The van der Waals surface area contributed by atoms with Gasteiger partial charge in [0, 0.05) is 17.0 Å². The summed E-state index contributed by atoms with van der Waals surface area (Å²) >= 11 is 7.30. The topological polar surface area (TPSA) is 33.1 Å². The van der Waals surface area contributed by atoms with E-state index in [1.54, 1.807) is 18.3 Å². The van der Waals surface area contributed by atoms with Crippen molar-refractivity contribution in [3.63, 3.8) is 0 Å². The van der Waals surface area contributed by atoms with Gasteiger partial charge in [0.05, 0.1) is 0 Å². The van der Waals surface area contributed by atoms with E-state index in [1.165, 1.54) is 11.8 Å². The number of aromatic hydroxyl groups is 1. The van der Waals surface area contributed by atoms with Crippen LogP contribution in [0.2, 0.25) is 5.02 Å². The Bertz CT molecular complexity index is 473. The van der Waals surface area contributed by atoms with Crippen molar-refractivity contribution in [3.05, 3.63) is 53.2 Å². The van der Waals surface area contributed by atoms with Crippen LogP contribution in [0.25, 0.3) is 0 Å². The molecule has 0 saturated carbocycles. The fourth-order valence-electron chi connectivity index (χ4n) is 1.23. The molecule has 0 aliphatic rings. The summed E-state index contributed by atoms with van der Waals surface area (Å²) in [5.74, 6) is 0.989. The Morgan fingerprint density at radius 2 is 1.94 bits per heavy atom. The first kappa shape index (κ1) is 11.3. The number of benzene rings is 1. The predicted molar refractivity (Wildman–Crippen MR) is 66.9 cm³/mol. The van der Waals surface area contributed by atoms with Crippen molar-refractivity contribution >= 4 is 23.4 Å². The molecule has 0 atom stereocenters. The van der Waals surface area contributed by atoms with Crippen LogP contribution in [0.3, 0.4) is 0 Å².